The number of nitriles is 1. The Morgan fingerprint density at radius 3 is 2.29 bits per heavy atom. The van der Waals surface area contributed by atoms with Crippen LogP contribution >= 0.6 is 0 Å². The van der Waals surface area contributed by atoms with Crippen LogP contribution in [0.5, 0.6) is 0 Å². The van der Waals surface area contributed by atoms with E-state index < -0.39 is 17.4 Å². The second kappa shape index (κ2) is 11.1. The monoisotopic (exact) mass is 526 g/mol. The number of pyridine rings is 1. The Hall–Kier alpha value is -3.45. The highest BCUT2D eigenvalue weighted by atomic mass is 19.4. The van der Waals surface area contributed by atoms with Crippen molar-refractivity contribution in [2.45, 2.75) is 70.8 Å². The molecule has 0 N–H and O–H groups in total. The molecule has 1 aromatic carbocycles. The van der Waals surface area contributed by atoms with Gasteiger partial charge in [0, 0.05) is 38.3 Å². The van der Waals surface area contributed by atoms with Gasteiger partial charge in [0.25, 0.3) is 0 Å². The first-order valence-electron chi connectivity index (χ1n) is 13.1. The third-order valence-corrected chi connectivity index (χ3v) is 7.59. The lowest BCUT2D eigenvalue weighted by Gasteiger charge is -2.50. The van der Waals surface area contributed by atoms with Crippen molar-refractivity contribution in [1.29, 1.82) is 5.26 Å². The van der Waals surface area contributed by atoms with Gasteiger partial charge in [-0.3, -0.25) is 9.47 Å². The molecule has 7 nitrogen and oxygen atoms in total. The molecule has 3 heterocycles. The van der Waals surface area contributed by atoms with E-state index in [1.807, 2.05) is 0 Å². The van der Waals surface area contributed by atoms with Crippen LogP contribution in [0.4, 0.5) is 19.0 Å². The number of hydrogen-bond acceptors (Lipinski definition) is 6. The van der Waals surface area contributed by atoms with Crippen LogP contribution in [0, 0.1) is 11.3 Å². The quantitative estimate of drug-likeness (QED) is 0.408. The number of anilines is 1. The Balaban J connectivity index is 1.74. The first kappa shape index (κ1) is 27.6. The number of benzene rings is 1. The molecule has 202 valence electrons. The molecule has 0 radical (unpaired) electrons. The molecule has 0 aliphatic carbocycles. The van der Waals surface area contributed by atoms with E-state index in [0.29, 0.717) is 29.9 Å². The van der Waals surface area contributed by atoms with E-state index in [2.05, 4.69) is 46.6 Å². The van der Waals surface area contributed by atoms with Gasteiger partial charge in [-0.05, 0) is 49.1 Å². The molecular weight excluding hydrogens is 493 g/mol. The summed E-state index contributed by atoms with van der Waals surface area (Å²) in [5, 5.41) is 9.43. The van der Waals surface area contributed by atoms with Crippen LogP contribution in [0.25, 0.3) is 11.0 Å². The minimum absolute atomic E-state index is 0.00181. The molecule has 1 aliphatic heterocycles. The smallest absolute Gasteiger partial charge is 0.349 e. The van der Waals surface area contributed by atoms with Crippen molar-refractivity contribution in [2.24, 2.45) is 7.05 Å². The fourth-order valence-electron chi connectivity index (χ4n) is 5.49. The molecule has 1 aliphatic rings. The van der Waals surface area contributed by atoms with Gasteiger partial charge in [-0.2, -0.15) is 23.4 Å². The van der Waals surface area contributed by atoms with E-state index in [-0.39, 0.29) is 23.8 Å². The van der Waals surface area contributed by atoms with Gasteiger partial charge in [0.2, 0.25) is 0 Å². The molecule has 2 aromatic heterocycles. The summed E-state index contributed by atoms with van der Waals surface area (Å²) in [6.45, 7) is 7.51. The highest BCUT2D eigenvalue weighted by Crippen LogP contribution is 2.37. The first-order chi connectivity index (χ1) is 18.1. The van der Waals surface area contributed by atoms with Crippen molar-refractivity contribution in [1.82, 2.24) is 19.4 Å². The van der Waals surface area contributed by atoms with Crippen LogP contribution < -0.4 is 10.6 Å². The van der Waals surface area contributed by atoms with Gasteiger partial charge >= 0.3 is 11.9 Å². The molecule has 0 spiro atoms. The van der Waals surface area contributed by atoms with E-state index in [0.717, 1.165) is 31.2 Å². The first-order valence-corrected chi connectivity index (χ1v) is 13.1. The zero-order chi connectivity index (χ0) is 27.6. The van der Waals surface area contributed by atoms with E-state index in [4.69, 9.17) is 0 Å². The predicted molar refractivity (Wildman–Crippen MR) is 141 cm³/mol. The average molecular weight is 527 g/mol. The average Bonchev–Trinajstić information content (AvgIpc) is 2.92. The van der Waals surface area contributed by atoms with Gasteiger partial charge in [0.15, 0.2) is 5.82 Å². The number of halogens is 3. The number of nitrogens with zero attached hydrogens (tertiary/aromatic N) is 6. The minimum Gasteiger partial charge on any atom is -0.349 e. The summed E-state index contributed by atoms with van der Waals surface area (Å²) in [4.78, 5) is 26.2. The third-order valence-electron chi connectivity index (χ3n) is 7.59. The fourth-order valence-corrected chi connectivity index (χ4v) is 5.49. The molecule has 0 amide bonds. The number of aryl methyl sites for hydroxylation is 1. The van der Waals surface area contributed by atoms with Crippen LogP contribution in [0.15, 0.2) is 41.2 Å². The normalized spacial score (nSPS) is 19.5. The Bertz CT molecular complexity index is 1380. The molecule has 1 saturated heterocycles. The lowest BCUT2D eigenvalue weighted by atomic mass is 9.93. The molecule has 3 aromatic rings. The van der Waals surface area contributed by atoms with Crippen LogP contribution in [-0.2, 0) is 13.2 Å². The predicted octanol–water partition coefficient (Wildman–Crippen LogP) is 5.44. The van der Waals surface area contributed by atoms with Gasteiger partial charge < -0.3 is 4.90 Å². The van der Waals surface area contributed by atoms with Gasteiger partial charge in [-0.25, -0.2) is 9.78 Å². The number of hydrogen-bond donors (Lipinski definition) is 0. The second-order valence-corrected chi connectivity index (χ2v) is 9.85. The Kier molecular flexibility index (Phi) is 8.07. The van der Waals surface area contributed by atoms with E-state index in [1.165, 1.54) is 16.7 Å². The zero-order valence-corrected chi connectivity index (χ0v) is 22.2. The van der Waals surface area contributed by atoms with Gasteiger partial charge in [-0.15, -0.1) is 0 Å². The molecule has 0 bridgehead atoms. The van der Waals surface area contributed by atoms with Crippen LogP contribution in [0.1, 0.15) is 69.3 Å². The van der Waals surface area contributed by atoms with E-state index >= 15 is 0 Å². The van der Waals surface area contributed by atoms with Crippen molar-refractivity contribution in [3.63, 3.8) is 0 Å². The summed E-state index contributed by atoms with van der Waals surface area (Å²) in [6, 6.07) is 11.0. The van der Waals surface area contributed by atoms with Crippen molar-refractivity contribution in [2.75, 3.05) is 18.0 Å². The molecular formula is C28H33F3N6O. The number of piperazine rings is 1. The largest absolute Gasteiger partial charge is 0.416 e. The minimum atomic E-state index is -4.37. The maximum absolute atomic E-state index is 13.2. The molecule has 3 atom stereocenters. The highest BCUT2D eigenvalue weighted by molar-refractivity contribution is 5.86. The number of rotatable bonds is 7. The number of alkyl halides is 3. The summed E-state index contributed by atoms with van der Waals surface area (Å²) in [5.74, 6) is 0.478. The standard InChI is InChI=1S/C28H33F3N6O/c1-5-8-23(18-9-11-19(12-10-18)28(29,30)31)36-16-22(7-3)37(17-21(36)6-2)26-25-24(35(4)27(38)34-26)14-13-20(15-32)33-25/h9-14,21-23H,5-8,16-17H2,1-4H3/t21-,22?,23?/m1/s1. The van der Waals surface area contributed by atoms with Crippen molar-refractivity contribution < 1.29 is 13.2 Å². The Morgan fingerprint density at radius 1 is 1.03 bits per heavy atom. The van der Waals surface area contributed by atoms with Crippen LogP contribution in [0.2, 0.25) is 0 Å². The molecule has 2 unspecified atom stereocenters. The van der Waals surface area contributed by atoms with Crippen LogP contribution in [-0.4, -0.2) is 44.6 Å². The summed E-state index contributed by atoms with van der Waals surface area (Å²) >= 11 is 0. The molecule has 1 fully saturated rings. The topological polar surface area (TPSA) is 78.0 Å². The Labute approximate surface area is 220 Å². The summed E-state index contributed by atoms with van der Waals surface area (Å²) in [5.41, 5.74) is 1.21. The maximum atomic E-state index is 13.2. The second-order valence-electron chi connectivity index (χ2n) is 9.85. The zero-order valence-electron chi connectivity index (χ0n) is 22.2. The molecule has 10 heteroatoms. The SMILES string of the molecule is CCCC(c1ccc(C(F)(F)F)cc1)N1CC(CC)N(c2nc(=O)n(C)c3ccc(C#N)nc23)C[C@H]1CC. The molecule has 38 heavy (non-hydrogen) atoms. The molecule has 0 saturated carbocycles. The summed E-state index contributed by atoms with van der Waals surface area (Å²) < 4.78 is 41.0. The van der Waals surface area contributed by atoms with Gasteiger partial charge in [-0.1, -0.05) is 39.3 Å². The summed E-state index contributed by atoms with van der Waals surface area (Å²) in [7, 11) is 1.64. The lowest BCUT2D eigenvalue weighted by molar-refractivity contribution is -0.137. The fraction of sp³-hybridized carbons (Fsp3) is 0.500. The maximum Gasteiger partial charge on any atom is 0.416 e. The van der Waals surface area contributed by atoms with Gasteiger partial charge in [0.05, 0.1) is 11.1 Å². The van der Waals surface area contributed by atoms with Crippen molar-refractivity contribution >= 4 is 16.9 Å². The third kappa shape index (κ3) is 5.25. The number of aromatic nitrogens is 3. The lowest BCUT2D eigenvalue weighted by Crippen LogP contribution is -2.59. The Morgan fingerprint density at radius 2 is 1.71 bits per heavy atom. The van der Waals surface area contributed by atoms with Gasteiger partial charge in [0.1, 0.15) is 17.3 Å². The summed E-state index contributed by atoms with van der Waals surface area (Å²) in [6.07, 6.45) is -1.08. The van der Waals surface area contributed by atoms with E-state index in [9.17, 15) is 23.2 Å². The molecule has 4 rings (SSSR count). The van der Waals surface area contributed by atoms with Crippen molar-refractivity contribution in [3.8, 4) is 6.07 Å². The van der Waals surface area contributed by atoms with E-state index in [1.54, 1.807) is 31.3 Å². The highest BCUT2D eigenvalue weighted by Gasteiger charge is 2.38. The van der Waals surface area contributed by atoms with Crippen molar-refractivity contribution in [3.05, 3.63) is 63.7 Å². The van der Waals surface area contributed by atoms with Crippen LogP contribution in [0.3, 0.4) is 0 Å². The number of fused-ring (bicyclic) bond motifs is 1.